The maximum atomic E-state index is 13.4. The Morgan fingerprint density at radius 1 is 1.00 bits per heavy atom. The van der Waals surface area contributed by atoms with Crippen LogP contribution in [0.3, 0.4) is 0 Å². The molecule has 178 valence electrons. The lowest BCUT2D eigenvalue weighted by atomic mass is 9.95. The number of carbonyl (C=O) groups is 1. The molecule has 0 saturated carbocycles. The highest BCUT2D eigenvalue weighted by atomic mass is 16.5. The maximum Gasteiger partial charge on any atom is 0.227 e. The van der Waals surface area contributed by atoms with Crippen molar-refractivity contribution in [3.63, 3.8) is 0 Å². The Morgan fingerprint density at radius 2 is 1.79 bits per heavy atom. The number of aromatic nitrogens is 2. The van der Waals surface area contributed by atoms with Gasteiger partial charge in [0.2, 0.25) is 11.9 Å². The summed E-state index contributed by atoms with van der Waals surface area (Å²) in [6.07, 6.45) is 3.96. The zero-order chi connectivity index (χ0) is 23.5. The van der Waals surface area contributed by atoms with Gasteiger partial charge in [-0.3, -0.25) is 4.79 Å². The third kappa shape index (κ3) is 5.07. The van der Waals surface area contributed by atoms with Crippen molar-refractivity contribution in [1.29, 1.82) is 0 Å². The first-order chi connectivity index (χ1) is 16.6. The van der Waals surface area contributed by atoms with E-state index < -0.39 is 0 Å². The van der Waals surface area contributed by atoms with Crippen LogP contribution < -0.4 is 4.90 Å². The van der Waals surface area contributed by atoms with Crippen LogP contribution in [0.2, 0.25) is 0 Å². The topological polar surface area (TPSA) is 58.6 Å². The number of rotatable bonds is 5. The maximum absolute atomic E-state index is 13.4. The van der Waals surface area contributed by atoms with Gasteiger partial charge in [-0.2, -0.15) is 0 Å². The van der Waals surface area contributed by atoms with E-state index in [2.05, 4.69) is 42.2 Å². The zero-order valence-corrected chi connectivity index (χ0v) is 20.2. The Kier molecular flexibility index (Phi) is 6.77. The number of hydrogen-bond acceptors (Lipinski definition) is 5. The average Bonchev–Trinajstić information content (AvgIpc) is 2.88. The lowest BCUT2D eigenvalue weighted by molar-refractivity contribution is -0.138. The summed E-state index contributed by atoms with van der Waals surface area (Å²) in [5, 5.41) is 1.09. The number of anilines is 1. The first-order valence-corrected chi connectivity index (χ1v) is 12.5. The van der Waals surface area contributed by atoms with Crippen LogP contribution in [0.4, 0.5) is 5.95 Å². The normalized spacial score (nSPS) is 19.5. The van der Waals surface area contributed by atoms with Crippen molar-refractivity contribution < 1.29 is 9.53 Å². The second-order valence-electron chi connectivity index (χ2n) is 9.74. The summed E-state index contributed by atoms with van der Waals surface area (Å²) in [4.78, 5) is 27.3. The van der Waals surface area contributed by atoms with E-state index in [-0.39, 0.29) is 17.9 Å². The first-order valence-electron chi connectivity index (χ1n) is 12.5. The van der Waals surface area contributed by atoms with E-state index in [9.17, 15) is 4.79 Å². The molecule has 0 radical (unpaired) electrons. The van der Waals surface area contributed by atoms with Crippen LogP contribution >= 0.6 is 0 Å². The van der Waals surface area contributed by atoms with E-state index in [1.807, 2.05) is 30.0 Å². The highest BCUT2D eigenvalue weighted by Gasteiger charge is 2.32. The van der Waals surface area contributed by atoms with Crippen LogP contribution in [-0.4, -0.2) is 53.1 Å². The summed E-state index contributed by atoms with van der Waals surface area (Å²) in [6, 6.07) is 16.6. The van der Waals surface area contributed by atoms with E-state index in [4.69, 9.17) is 14.7 Å². The second-order valence-corrected chi connectivity index (χ2v) is 9.74. The highest BCUT2D eigenvalue weighted by molar-refractivity contribution is 5.83. The fourth-order valence-electron chi connectivity index (χ4n) is 5.17. The Bertz CT molecular complexity index is 1140. The van der Waals surface area contributed by atoms with Gasteiger partial charge in [0.25, 0.3) is 0 Å². The summed E-state index contributed by atoms with van der Waals surface area (Å²) in [7, 11) is 0. The van der Waals surface area contributed by atoms with Crippen molar-refractivity contribution >= 4 is 22.8 Å². The monoisotopic (exact) mass is 458 g/mol. The van der Waals surface area contributed by atoms with Crippen LogP contribution in [0.5, 0.6) is 0 Å². The molecule has 1 unspecified atom stereocenters. The van der Waals surface area contributed by atoms with E-state index in [0.29, 0.717) is 13.2 Å². The minimum absolute atomic E-state index is 0.00708. The molecule has 0 aliphatic carbocycles. The molecule has 0 spiro atoms. The third-order valence-electron chi connectivity index (χ3n) is 7.17. The number of piperidine rings is 2. The van der Waals surface area contributed by atoms with Crippen molar-refractivity contribution in [2.45, 2.75) is 52.2 Å². The number of benzene rings is 2. The smallest absolute Gasteiger partial charge is 0.227 e. The van der Waals surface area contributed by atoms with E-state index in [0.717, 1.165) is 67.9 Å². The van der Waals surface area contributed by atoms with Crippen molar-refractivity contribution in [3.8, 4) is 0 Å². The molecule has 3 aromatic rings. The molecular formula is C28H34N4O2. The fraction of sp³-hybridized carbons (Fsp3) is 0.464. The van der Waals surface area contributed by atoms with Crippen molar-refractivity contribution in [2.24, 2.45) is 5.92 Å². The zero-order valence-electron chi connectivity index (χ0n) is 20.2. The van der Waals surface area contributed by atoms with Crippen LogP contribution in [0.15, 0.2) is 48.5 Å². The second kappa shape index (κ2) is 10.1. The SMILES string of the molecule is Cc1ccc2c(C)nc(N3CCCC(C(=O)N4CCC(OCc5ccccc5)CC4)C3)nc2c1. The standard InChI is InChI=1S/C28H34N4O2/c1-20-10-11-25-21(2)29-28(30-26(25)17-20)32-14-6-9-23(18-32)27(33)31-15-12-24(13-16-31)34-19-22-7-4-3-5-8-22/h3-5,7-8,10-11,17,23-24H,6,9,12-16,18-19H2,1-2H3. The van der Waals surface area contributed by atoms with Gasteiger partial charge in [0.05, 0.1) is 29.8 Å². The minimum Gasteiger partial charge on any atom is -0.373 e. The summed E-state index contributed by atoms with van der Waals surface area (Å²) in [5.74, 6) is 1.04. The Balaban J connectivity index is 1.18. The van der Waals surface area contributed by atoms with E-state index >= 15 is 0 Å². The summed E-state index contributed by atoms with van der Waals surface area (Å²) in [5.41, 5.74) is 4.36. The van der Waals surface area contributed by atoms with Crippen LogP contribution in [-0.2, 0) is 16.1 Å². The minimum atomic E-state index is 0.00708. The van der Waals surface area contributed by atoms with Gasteiger partial charge in [0.1, 0.15) is 0 Å². The molecule has 2 aromatic carbocycles. The molecule has 1 aromatic heterocycles. The number of carbonyl (C=O) groups excluding carboxylic acids is 1. The first kappa shape index (κ1) is 22.8. The molecular weight excluding hydrogens is 424 g/mol. The van der Waals surface area contributed by atoms with Gasteiger partial charge < -0.3 is 14.5 Å². The Morgan fingerprint density at radius 3 is 2.59 bits per heavy atom. The predicted molar refractivity (Wildman–Crippen MR) is 135 cm³/mol. The summed E-state index contributed by atoms with van der Waals surface area (Å²) in [6.45, 7) is 7.92. The molecule has 0 N–H and O–H groups in total. The molecule has 3 heterocycles. The quantitative estimate of drug-likeness (QED) is 0.556. The number of likely N-dealkylation sites (tertiary alicyclic amines) is 1. The van der Waals surface area contributed by atoms with Gasteiger partial charge in [-0.05, 0) is 56.7 Å². The Hall–Kier alpha value is -2.99. The van der Waals surface area contributed by atoms with Crippen LogP contribution in [0.25, 0.3) is 10.9 Å². The third-order valence-corrected chi connectivity index (χ3v) is 7.17. The number of ether oxygens (including phenoxy) is 1. The molecule has 2 aliphatic rings. The van der Waals surface area contributed by atoms with E-state index in [1.54, 1.807) is 0 Å². The molecule has 5 rings (SSSR count). The molecule has 6 heteroatoms. The Labute approximate surface area is 202 Å². The lowest BCUT2D eigenvalue weighted by Gasteiger charge is -2.38. The van der Waals surface area contributed by atoms with Crippen molar-refractivity contribution in [1.82, 2.24) is 14.9 Å². The number of aryl methyl sites for hydroxylation is 2. The van der Waals surface area contributed by atoms with Crippen molar-refractivity contribution in [2.75, 3.05) is 31.1 Å². The van der Waals surface area contributed by atoms with Gasteiger partial charge in [-0.25, -0.2) is 9.97 Å². The average molecular weight is 459 g/mol. The number of fused-ring (bicyclic) bond motifs is 1. The molecule has 2 saturated heterocycles. The van der Waals surface area contributed by atoms with Gasteiger partial charge >= 0.3 is 0 Å². The van der Waals surface area contributed by atoms with Gasteiger partial charge in [-0.1, -0.05) is 42.5 Å². The van der Waals surface area contributed by atoms with Gasteiger partial charge in [0, 0.05) is 31.6 Å². The van der Waals surface area contributed by atoms with Gasteiger partial charge in [-0.15, -0.1) is 0 Å². The van der Waals surface area contributed by atoms with Gasteiger partial charge in [0.15, 0.2) is 0 Å². The van der Waals surface area contributed by atoms with E-state index in [1.165, 1.54) is 11.1 Å². The molecule has 2 aliphatic heterocycles. The fourth-order valence-corrected chi connectivity index (χ4v) is 5.17. The molecule has 2 fully saturated rings. The number of hydrogen-bond donors (Lipinski definition) is 0. The number of nitrogens with zero attached hydrogens (tertiary/aromatic N) is 4. The number of amides is 1. The lowest BCUT2D eigenvalue weighted by Crippen LogP contribution is -2.48. The van der Waals surface area contributed by atoms with Crippen LogP contribution in [0, 0.1) is 19.8 Å². The summed E-state index contributed by atoms with van der Waals surface area (Å²) < 4.78 is 6.11. The van der Waals surface area contributed by atoms with Crippen molar-refractivity contribution in [3.05, 3.63) is 65.4 Å². The molecule has 34 heavy (non-hydrogen) atoms. The molecule has 1 amide bonds. The largest absolute Gasteiger partial charge is 0.373 e. The summed E-state index contributed by atoms with van der Waals surface area (Å²) >= 11 is 0. The molecule has 0 bridgehead atoms. The van der Waals surface area contributed by atoms with Crippen LogP contribution in [0.1, 0.15) is 42.5 Å². The molecule has 1 atom stereocenters. The molecule has 6 nitrogen and oxygen atoms in total. The highest BCUT2D eigenvalue weighted by Crippen LogP contribution is 2.27. The predicted octanol–water partition coefficient (Wildman–Crippen LogP) is 4.67.